The van der Waals surface area contributed by atoms with Crippen LogP contribution in [0.4, 0.5) is 0 Å². The van der Waals surface area contributed by atoms with Crippen molar-refractivity contribution < 1.29 is 4.79 Å². The molecule has 7 heteroatoms. The Labute approximate surface area is 150 Å². The lowest BCUT2D eigenvalue weighted by Crippen LogP contribution is -2.35. The highest BCUT2D eigenvalue weighted by Gasteiger charge is 2.13. The third kappa shape index (κ3) is 5.46. The van der Waals surface area contributed by atoms with Crippen molar-refractivity contribution in [2.45, 2.75) is 20.0 Å². The topological polar surface area (TPSA) is 36.4 Å². The number of benzene rings is 1. The Kier molecular flexibility index (Phi) is 6.41. The van der Waals surface area contributed by atoms with Gasteiger partial charge in [0.15, 0.2) is 0 Å². The second-order valence-electron chi connectivity index (χ2n) is 5.52. The number of amides is 1. The first-order valence-corrected chi connectivity index (χ1v) is 8.70. The van der Waals surface area contributed by atoms with Gasteiger partial charge >= 0.3 is 0 Å². The molecule has 0 N–H and O–H groups in total. The average molecular weight is 372 g/mol. The van der Waals surface area contributed by atoms with Crippen LogP contribution in [0.3, 0.4) is 0 Å². The van der Waals surface area contributed by atoms with Gasteiger partial charge in [0.05, 0.1) is 21.6 Å². The van der Waals surface area contributed by atoms with Gasteiger partial charge in [0.1, 0.15) is 0 Å². The van der Waals surface area contributed by atoms with Crippen molar-refractivity contribution in [3.63, 3.8) is 0 Å². The highest BCUT2D eigenvalue weighted by atomic mass is 35.5. The summed E-state index contributed by atoms with van der Waals surface area (Å²) in [6, 6.07) is 5.41. The molecule has 0 aliphatic carbocycles. The largest absolute Gasteiger partial charge is 0.340 e. The first kappa shape index (κ1) is 18.2. The molecule has 4 nitrogen and oxygen atoms in total. The van der Waals surface area contributed by atoms with Crippen LogP contribution in [-0.4, -0.2) is 41.3 Å². The molecule has 0 saturated heterocycles. The molecule has 1 amide bonds. The molecule has 0 saturated carbocycles. The predicted molar refractivity (Wildman–Crippen MR) is 96.1 cm³/mol. The molecule has 1 aromatic heterocycles. The van der Waals surface area contributed by atoms with Crippen LogP contribution in [0.2, 0.25) is 10.0 Å². The summed E-state index contributed by atoms with van der Waals surface area (Å²) in [7, 11) is 3.72. The fraction of sp³-hybridized carbons (Fsp3) is 0.375. The standard InChI is InChI=1S/C16H19Cl2N3OS/c1-11-19-7-13(23-11)9-20(2)10-16(22)21(3)8-12-4-5-14(17)15(18)6-12/h4-7H,8-10H2,1-3H3. The molecule has 1 heterocycles. The van der Waals surface area contributed by atoms with Crippen molar-refractivity contribution in [3.05, 3.63) is 49.9 Å². The summed E-state index contributed by atoms with van der Waals surface area (Å²) < 4.78 is 0. The fourth-order valence-electron chi connectivity index (χ4n) is 2.15. The minimum absolute atomic E-state index is 0.0554. The van der Waals surface area contributed by atoms with Crippen molar-refractivity contribution in [2.24, 2.45) is 0 Å². The summed E-state index contributed by atoms with van der Waals surface area (Å²) in [6.45, 7) is 3.56. The Morgan fingerprint density at radius 1 is 1.22 bits per heavy atom. The molecule has 0 bridgehead atoms. The number of aromatic nitrogens is 1. The molecule has 0 spiro atoms. The van der Waals surface area contributed by atoms with Crippen LogP contribution in [0.5, 0.6) is 0 Å². The number of hydrogen-bond donors (Lipinski definition) is 0. The van der Waals surface area contributed by atoms with Crippen molar-refractivity contribution in [3.8, 4) is 0 Å². The van der Waals surface area contributed by atoms with E-state index in [9.17, 15) is 4.79 Å². The van der Waals surface area contributed by atoms with Gasteiger partial charge in [0.2, 0.25) is 5.91 Å². The van der Waals surface area contributed by atoms with E-state index in [1.54, 1.807) is 35.4 Å². The molecule has 124 valence electrons. The Hall–Kier alpha value is -1.14. The van der Waals surface area contributed by atoms with E-state index >= 15 is 0 Å². The molecule has 0 fully saturated rings. The molecular formula is C16H19Cl2N3OS. The van der Waals surface area contributed by atoms with E-state index in [0.717, 1.165) is 22.0 Å². The van der Waals surface area contributed by atoms with Crippen LogP contribution in [0.1, 0.15) is 15.4 Å². The number of thiazole rings is 1. The van der Waals surface area contributed by atoms with Crippen LogP contribution >= 0.6 is 34.5 Å². The van der Waals surface area contributed by atoms with E-state index in [1.807, 2.05) is 31.1 Å². The number of likely N-dealkylation sites (N-methyl/N-ethyl adjacent to an activating group) is 2. The number of nitrogens with zero attached hydrogens (tertiary/aromatic N) is 3. The van der Waals surface area contributed by atoms with Crippen LogP contribution in [-0.2, 0) is 17.9 Å². The van der Waals surface area contributed by atoms with E-state index in [1.165, 1.54) is 0 Å². The predicted octanol–water partition coefficient (Wildman–Crippen LogP) is 3.85. The summed E-state index contributed by atoms with van der Waals surface area (Å²) in [5.74, 6) is 0.0554. The van der Waals surface area contributed by atoms with Gasteiger partial charge in [-0.3, -0.25) is 9.69 Å². The molecule has 2 rings (SSSR count). The highest BCUT2D eigenvalue weighted by molar-refractivity contribution is 7.11. The normalized spacial score (nSPS) is 11.0. The maximum absolute atomic E-state index is 12.3. The van der Waals surface area contributed by atoms with Crippen LogP contribution in [0.25, 0.3) is 0 Å². The molecule has 0 aliphatic heterocycles. The fourth-order valence-corrected chi connectivity index (χ4v) is 3.35. The molecule has 0 unspecified atom stereocenters. The zero-order valence-corrected chi connectivity index (χ0v) is 15.7. The van der Waals surface area contributed by atoms with Gasteiger partial charge in [-0.15, -0.1) is 11.3 Å². The lowest BCUT2D eigenvalue weighted by atomic mass is 10.2. The van der Waals surface area contributed by atoms with Crippen molar-refractivity contribution in [1.29, 1.82) is 0 Å². The van der Waals surface area contributed by atoms with Gasteiger partial charge in [-0.05, 0) is 31.7 Å². The molecule has 0 aliphatic rings. The monoisotopic (exact) mass is 371 g/mol. The van der Waals surface area contributed by atoms with Crippen molar-refractivity contribution >= 4 is 40.4 Å². The Bertz CT molecular complexity index is 690. The van der Waals surface area contributed by atoms with E-state index in [4.69, 9.17) is 23.2 Å². The second kappa shape index (κ2) is 8.11. The Morgan fingerprint density at radius 3 is 2.57 bits per heavy atom. The van der Waals surface area contributed by atoms with Gasteiger partial charge in [-0.1, -0.05) is 29.3 Å². The minimum Gasteiger partial charge on any atom is -0.340 e. The second-order valence-corrected chi connectivity index (χ2v) is 7.65. The van der Waals surface area contributed by atoms with Crippen LogP contribution < -0.4 is 0 Å². The average Bonchev–Trinajstić information content (AvgIpc) is 2.87. The Balaban J connectivity index is 1.87. The summed E-state index contributed by atoms with van der Waals surface area (Å²) in [6.07, 6.45) is 1.86. The number of hydrogen-bond acceptors (Lipinski definition) is 4. The molecule has 2 aromatic rings. The summed E-state index contributed by atoms with van der Waals surface area (Å²) in [5, 5.41) is 2.06. The summed E-state index contributed by atoms with van der Waals surface area (Å²) in [4.78, 5) is 21.4. The van der Waals surface area contributed by atoms with Gasteiger partial charge in [0, 0.05) is 31.2 Å². The van der Waals surface area contributed by atoms with Gasteiger partial charge in [-0.2, -0.15) is 0 Å². The van der Waals surface area contributed by atoms with Gasteiger partial charge in [-0.25, -0.2) is 4.98 Å². The lowest BCUT2D eigenvalue weighted by molar-refractivity contribution is -0.131. The summed E-state index contributed by atoms with van der Waals surface area (Å²) in [5.41, 5.74) is 0.955. The number of halogens is 2. The van der Waals surface area contributed by atoms with Crippen molar-refractivity contribution in [1.82, 2.24) is 14.8 Å². The third-order valence-corrected chi connectivity index (χ3v) is 4.97. The molecule has 1 aromatic carbocycles. The first-order chi connectivity index (χ1) is 10.8. The van der Waals surface area contributed by atoms with Crippen molar-refractivity contribution in [2.75, 3.05) is 20.6 Å². The zero-order valence-electron chi connectivity index (χ0n) is 13.3. The van der Waals surface area contributed by atoms with E-state index in [-0.39, 0.29) is 5.91 Å². The number of carbonyl (C=O) groups excluding carboxylic acids is 1. The minimum atomic E-state index is 0.0554. The number of aryl methyl sites for hydroxylation is 1. The SMILES string of the molecule is Cc1ncc(CN(C)CC(=O)N(C)Cc2ccc(Cl)c(Cl)c2)s1. The number of carbonyl (C=O) groups is 1. The molecule has 23 heavy (non-hydrogen) atoms. The van der Waals surface area contributed by atoms with Gasteiger partial charge in [0.25, 0.3) is 0 Å². The van der Waals surface area contributed by atoms with E-state index in [2.05, 4.69) is 4.98 Å². The third-order valence-electron chi connectivity index (χ3n) is 3.33. The quantitative estimate of drug-likeness (QED) is 0.773. The van der Waals surface area contributed by atoms with E-state index < -0.39 is 0 Å². The molecule has 0 radical (unpaired) electrons. The Morgan fingerprint density at radius 2 is 1.96 bits per heavy atom. The maximum atomic E-state index is 12.3. The molecule has 0 atom stereocenters. The summed E-state index contributed by atoms with van der Waals surface area (Å²) >= 11 is 13.6. The highest BCUT2D eigenvalue weighted by Crippen LogP contribution is 2.23. The van der Waals surface area contributed by atoms with E-state index in [0.29, 0.717) is 23.1 Å². The van der Waals surface area contributed by atoms with Crippen LogP contribution in [0.15, 0.2) is 24.4 Å². The molecular weight excluding hydrogens is 353 g/mol. The zero-order chi connectivity index (χ0) is 17.0. The first-order valence-electron chi connectivity index (χ1n) is 7.13. The maximum Gasteiger partial charge on any atom is 0.236 e. The van der Waals surface area contributed by atoms with Gasteiger partial charge < -0.3 is 4.90 Å². The van der Waals surface area contributed by atoms with Crippen LogP contribution in [0, 0.1) is 6.92 Å². The number of rotatable bonds is 6. The smallest absolute Gasteiger partial charge is 0.236 e. The lowest BCUT2D eigenvalue weighted by Gasteiger charge is -2.21.